The molecule has 2 amide bonds. The van der Waals surface area contributed by atoms with Gasteiger partial charge in [-0.25, -0.2) is 18.7 Å². The van der Waals surface area contributed by atoms with E-state index in [0.29, 0.717) is 5.82 Å². The monoisotopic (exact) mass is 658 g/mol. The largest absolute Gasteiger partial charge is 0.346 e. The highest BCUT2D eigenvalue weighted by Gasteiger charge is 2.38. The van der Waals surface area contributed by atoms with Crippen LogP contribution in [0.5, 0.6) is 0 Å². The highest BCUT2D eigenvalue weighted by molar-refractivity contribution is 5.82. The number of nitrogens with one attached hydrogen (secondary N) is 4. The molecule has 4 aromatic rings. The van der Waals surface area contributed by atoms with Gasteiger partial charge in [-0.2, -0.15) is 0 Å². The van der Waals surface area contributed by atoms with E-state index in [9.17, 15) is 18.4 Å². The quantitative estimate of drug-likeness (QED) is 0.137. The lowest BCUT2D eigenvalue weighted by molar-refractivity contribution is -0.130. The van der Waals surface area contributed by atoms with Crippen molar-refractivity contribution in [3.05, 3.63) is 72.6 Å². The standard InChI is InChI=1S/C38H48F2N6O2/c1-22(2)31(45-35(47)28-16-18-38(39,40)19-17-28)33-41-20-29(43-33)26-12-8-24(9-13-26)25-10-14-27(15-11-25)30-21-42-34(44-30)32(23(3)4)46-36(48)37(5,6)7/h8-15,20-23,28,31-32H,16-19H2,1-7H3,(H,41,43)(H,42,44)(H,45,47)(H,46,48)/t31-,32-/m0/s1. The van der Waals surface area contributed by atoms with Crippen molar-refractivity contribution in [1.29, 1.82) is 0 Å². The molecule has 1 aliphatic carbocycles. The van der Waals surface area contributed by atoms with Gasteiger partial charge in [0, 0.05) is 24.2 Å². The number of imidazole rings is 2. The predicted molar refractivity (Wildman–Crippen MR) is 185 cm³/mol. The lowest BCUT2D eigenvalue weighted by Gasteiger charge is -2.29. The number of hydrogen-bond acceptors (Lipinski definition) is 4. The molecular formula is C38H48F2N6O2. The van der Waals surface area contributed by atoms with E-state index in [1.807, 2.05) is 52.9 Å². The minimum absolute atomic E-state index is 0.0146. The van der Waals surface area contributed by atoms with E-state index in [1.165, 1.54) is 0 Å². The van der Waals surface area contributed by atoms with Gasteiger partial charge in [-0.1, -0.05) is 97.0 Å². The number of amides is 2. The van der Waals surface area contributed by atoms with Crippen molar-refractivity contribution >= 4 is 11.8 Å². The van der Waals surface area contributed by atoms with Crippen LogP contribution in [0.2, 0.25) is 0 Å². The Morgan fingerprint density at radius 3 is 1.52 bits per heavy atom. The van der Waals surface area contributed by atoms with Crippen molar-refractivity contribution in [2.75, 3.05) is 0 Å². The third-order valence-electron chi connectivity index (χ3n) is 9.19. The number of hydrogen-bond donors (Lipinski definition) is 4. The van der Waals surface area contributed by atoms with Crippen molar-refractivity contribution in [1.82, 2.24) is 30.6 Å². The number of rotatable bonds is 10. The lowest BCUT2D eigenvalue weighted by Crippen LogP contribution is -2.39. The SMILES string of the molecule is CC(C)[C@H](NC(=O)C1CCC(F)(F)CC1)c1ncc(-c2ccc(-c3ccc(-c4cnc([C@@H](NC(=O)C(C)(C)C)C(C)C)[nH]4)cc3)cc2)[nH]1. The zero-order valence-corrected chi connectivity index (χ0v) is 29.0. The first kappa shape index (κ1) is 35.0. The number of aromatic nitrogens is 4. The fraction of sp³-hybridized carbons (Fsp3) is 0.474. The average molecular weight is 659 g/mol. The van der Waals surface area contributed by atoms with Crippen LogP contribution in [0.4, 0.5) is 8.78 Å². The van der Waals surface area contributed by atoms with E-state index >= 15 is 0 Å². The summed E-state index contributed by atoms with van der Waals surface area (Å²) < 4.78 is 27.2. The zero-order valence-electron chi connectivity index (χ0n) is 29.0. The Kier molecular flexibility index (Phi) is 10.2. The average Bonchev–Trinajstić information content (AvgIpc) is 3.72. The maximum Gasteiger partial charge on any atom is 0.248 e. The van der Waals surface area contributed by atoms with Crippen LogP contribution in [-0.2, 0) is 9.59 Å². The van der Waals surface area contributed by atoms with Crippen LogP contribution in [0.25, 0.3) is 33.6 Å². The smallest absolute Gasteiger partial charge is 0.248 e. The van der Waals surface area contributed by atoms with Crippen LogP contribution in [0.15, 0.2) is 60.9 Å². The number of nitrogens with zero attached hydrogens (tertiary/aromatic N) is 2. The van der Waals surface area contributed by atoms with Gasteiger partial charge in [-0.3, -0.25) is 9.59 Å². The first-order chi connectivity index (χ1) is 22.6. The number of benzene rings is 2. The third-order valence-corrected chi connectivity index (χ3v) is 9.19. The minimum Gasteiger partial charge on any atom is -0.346 e. The van der Waals surface area contributed by atoms with Gasteiger partial charge in [0.15, 0.2) is 0 Å². The fourth-order valence-electron chi connectivity index (χ4n) is 6.00. The Labute approximate surface area is 282 Å². The topological polar surface area (TPSA) is 116 Å². The number of halogens is 2. The summed E-state index contributed by atoms with van der Waals surface area (Å²) in [7, 11) is 0. The van der Waals surface area contributed by atoms with Crippen molar-refractivity contribution in [2.24, 2.45) is 23.2 Å². The van der Waals surface area contributed by atoms with E-state index in [4.69, 9.17) is 0 Å². The Bertz CT molecular complexity index is 1690. The molecule has 2 aromatic heterocycles. The van der Waals surface area contributed by atoms with Gasteiger partial charge in [-0.05, 0) is 46.9 Å². The van der Waals surface area contributed by atoms with Gasteiger partial charge in [0.1, 0.15) is 11.6 Å². The van der Waals surface area contributed by atoms with Gasteiger partial charge in [0.25, 0.3) is 0 Å². The van der Waals surface area contributed by atoms with E-state index in [1.54, 1.807) is 6.20 Å². The molecule has 48 heavy (non-hydrogen) atoms. The molecule has 0 unspecified atom stereocenters. The maximum atomic E-state index is 13.6. The third kappa shape index (κ3) is 8.20. The second-order valence-electron chi connectivity index (χ2n) is 14.8. The van der Waals surface area contributed by atoms with E-state index in [0.717, 1.165) is 39.5 Å². The summed E-state index contributed by atoms with van der Waals surface area (Å²) in [4.78, 5) is 41.6. The van der Waals surface area contributed by atoms with Crippen LogP contribution in [-0.4, -0.2) is 37.7 Å². The molecule has 2 heterocycles. The van der Waals surface area contributed by atoms with Crippen LogP contribution in [0.1, 0.15) is 97.9 Å². The summed E-state index contributed by atoms with van der Waals surface area (Å²) >= 11 is 0. The Morgan fingerprint density at radius 2 is 1.12 bits per heavy atom. The second-order valence-corrected chi connectivity index (χ2v) is 14.8. The molecule has 0 saturated heterocycles. The highest BCUT2D eigenvalue weighted by Crippen LogP contribution is 2.37. The van der Waals surface area contributed by atoms with Gasteiger partial charge < -0.3 is 20.6 Å². The lowest BCUT2D eigenvalue weighted by atomic mass is 9.86. The van der Waals surface area contributed by atoms with Gasteiger partial charge >= 0.3 is 0 Å². The summed E-state index contributed by atoms with van der Waals surface area (Å²) in [5.41, 5.74) is 5.31. The molecule has 4 N–H and O–H groups in total. The Balaban J connectivity index is 1.24. The second kappa shape index (κ2) is 14.0. The molecule has 1 aliphatic rings. The summed E-state index contributed by atoms with van der Waals surface area (Å²) in [6, 6.07) is 15.9. The van der Waals surface area contributed by atoms with Crippen LogP contribution in [0, 0.1) is 23.2 Å². The number of carbonyl (C=O) groups is 2. The Morgan fingerprint density at radius 1 is 0.729 bits per heavy atom. The predicted octanol–water partition coefficient (Wildman–Crippen LogP) is 8.63. The summed E-state index contributed by atoms with van der Waals surface area (Å²) in [6.45, 7) is 13.8. The molecular weight excluding hydrogens is 610 g/mol. The van der Waals surface area contributed by atoms with Gasteiger partial charge in [-0.15, -0.1) is 0 Å². The van der Waals surface area contributed by atoms with Crippen LogP contribution in [0.3, 0.4) is 0 Å². The van der Waals surface area contributed by atoms with Crippen molar-refractivity contribution < 1.29 is 18.4 Å². The minimum atomic E-state index is -2.67. The first-order valence-corrected chi connectivity index (χ1v) is 16.9. The molecule has 0 radical (unpaired) electrons. The number of H-pyrrole nitrogens is 2. The molecule has 5 rings (SSSR count). The zero-order chi connectivity index (χ0) is 34.8. The number of carbonyl (C=O) groups excluding carboxylic acids is 2. The van der Waals surface area contributed by atoms with Crippen LogP contribution < -0.4 is 10.6 Å². The first-order valence-electron chi connectivity index (χ1n) is 16.9. The molecule has 1 saturated carbocycles. The highest BCUT2D eigenvalue weighted by atomic mass is 19.3. The van der Waals surface area contributed by atoms with E-state index in [2.05, 4.69) is 80.8 Å². The summed E-state index contributed by atoms with van der Waals surface area (Å²) in [5.74, 6) is -1.66. The Hall–Kier alpha value is -4.34. The van der Waals surface area contributed by atoms with Crippen LogP contribution >= 0.6 is 0 Å². The number of alkyl halides is 2. The molecule has 2 aromatic carbocycles. The molecule has 8 nitrogen and oxygen atoms in total. The molecule has 256 valence electrons. The normalized spacial score (nSPS) is 16.6. The van der Waals surface area contributed by atoms with Crippen molar-refractivity contribution in [3.8, 4) is 33.6 Å². The maximum absolute atomic E-state index is 13.6. The molecule has 2 atom stereocenters. The summed E-state index contributed by atoms with van der Waals surface area (Å²) in [5, 5.41) is 6.21. The van der Waals surface area contributed by atoms with Crippen molar-refractivity contribution in [2.45, 2.75) is 92.2 Å². The molecule has 0 spiro atoms. The molecule has 0 bridgehead atoms. The molecule has 1 fully saturated rings. The van der Waals surface area contributed by atoms with Crippen molar-refractivity contribution in [3.63, 3.8) is 0 Å². The molecule has 0 aliphatic heterocycles. The van der Waals surface area contributed by atoms with Gasteiger partial charge in [0.2, 0.25) is 17.7 Å². The summed E-state index contributed by atoms with van der Waals surface area (Å²) in [6.07, 6.45) is 3.48. The fourth-order valence-corrected chi connectivity index (χ4v) is 6.00. The molecule has 10 heteroatoms. The van der Waals surface area contributed by atoms with E-state index in [-0.39, 0.29) is 61.4 Å². The van der Waals surface area contributed by atoms with Gasteiger partial charge in [0.05, 0.1) is 35.9 Å². The number of aromatic amines is 2. The van der Waals surface area contributed by atoms with E-state index < -0.39 is 17.3 Å².